The third kappa shape index (κ3) is 8.09. The van der Waals surface area contributed by atoms with Gasteiger partial charge in [0.05, 0.1) is 0 Å². The first-order valence-corrected chi connectivity index (χ1v) is 11.2. The van der Waals surface area contributed by atoms with E-state index in [4.69, 9.17) is 4.74 Å². The van der Waals surface area contributed by atoms with E-state index in [0.717, 1.165) is 5.56 Å². The molecule has 1 heterocycles. The van der Waals surface area contributed by atoms with Gasteiger partial charge < -0.3 is 26.0 Å². The molecule has 0 aliphatic heterocycles. The lowest BCUT2D eigenvalue weighted by Crippen LogP contribution is -2.38. The Bertz CT molecular complexity index is 1060. The number of nitrogens with one attached hydrogen (secondary N) is 4. The zero-order valence-corrected chi connectivity index (χ0v) is 19.4. The van der Waals surface area contributed by atoms with Crippen molar-refractivity contribution in [1.29, 1.82) is 0 Å². The van der Waals surface area contributed by atoms with Crippen LogP contribution in [0.5, 0.6) is 5.75 Å². The highest BCUT2D eigenvalue weighted by molar-refractivity contribution is 5.80. The van der Waals surface area contributed by atoms with Gasteiger partial charge in [-0.2, -0.15) is 0 Å². The third-order valence-electron chi connectivity index (χ3n) is 4.72. The van der Waals surface area contributed by atoms with Gasteiger partial charge in [-0.05, 0) is 19.1 Å². The van der Waals surface area contributed by atoms with Crippen molar-refractivity contribution in [3.8, 4) is 17.1 Å². The molecule has 9 nitrogen and oxygen atoms in total. The van der Waals surface area contributed by atoms with E-state index in [1.165, 1.54) is 6.92 Å². The largest absolute Gasteiger partial charge is 0.481 e. The lowest BCUT2D eigenvalue weighted by molar-refractivity contribution is -0.127. The second kappa shape index (κ2) is 12.8. The minimum atomic E-state index is -0.606. The quantitative estimate of drug-likeness (QED) is 0.306. The van der Waals surface area contributed by atoms with Crippen LogP contribution in [-0.4, -0.2) is 54.1 Å². The number of ether oxygens (including phenoxy) is 1. The lowest BCUT2D eigenvalue weighted by atomic mass is 10.2. The summed E-state index contributed by atoms with van der Waals surface area (Å²) in [7, 11) is 0. The highest BCUT2D eigenvalue weighted by atomic mass is 16.5. The predicted molar refractivity (Wildman–Crippen MR) is 133 cm³/mol. The summed E-state index contributed by atoms with van der Waals surface area (Å²) in [4.78, 5) is 32.6. The number of anilines is 2. The molecule has 4 N–H and O–H groups in total. The molecule has 0 aliphatic carbocycles. The van der Waals surface area contributed by atoms with Crippen LogP contribution >= 0.6 is 0 Å². The van der Waals surface area contributed by atoms with Gasteiger partial charge in [-0.15, -0.1) is 0 Å². The van der Waals surface area contributed by atoms with Crippen molar-refractivity contribution in [1.82, 2.24) is 20.6 Å². The zero-order chi connectivity index (χ0) is 24.2. The molecule has 0 spiro atoms. The molecule has 2 aromatic carbocycles. The number of aromatic nitrogens is 2. The summed E-state index contributed by atoms with van der Waals surface area (Å²) in [5.41, 5.74) is 0.885. The van der Waals surface area contributed by atoms with Gasteiger partial charge in [0, 0.05) is 44.7 Å². The second-order valence-corrected chi connectivity index (χ2v) is 7.53. The average molecular weight is 463 g/mol. The number of rotatable bonds is 12. The van der Waals surface area contributed by atoms with Crippen molar-refractivity contribution in [2.45, 2.75) is 20.0 Å². The number of carbonyl (C=O) groups is 2. The number of nitrogens with zero attached hydrogens (tertiary/aromatic N) is 2. The highest BCUT2D eigenvalue weighted by Crippen LogP contribution is 2.20. The SMILES string of the molecule is CC(=O)NCCNc1cc(NCCNC(=O)C(C)Oc2ccccc2)nc(-c2ccccc2)n1. The number of hydrogen-bond donors (Lipinski definition) is 4. The monoisotopic (exact) mass is 462 g/mol. The maximum Gasteiger partial charge on any atom is 0.260 e. The maximum atomic E-state index is 12.3. The Hall–Kier alpha value is -4.14. The predicted octanol–water partition coefficient (Wildman–Crippen LogP) is 2.69. The molecule has 0 aliphatic rings. The Kier molecular flexibility index (Phi) is 9.21. The van der Waals surface area contributed by atoms with Gasteiger partial charge >= 0.3 is 0 Å². The Labute approximate surface area is 199 Å². The molecule has 0 saturated carbocycles. The first kappa shape index (κ1) is 24.5. The number of para-hydroxylation sites is 1. The molecule has 34 heavy (non-hydrogen) atoms. The van der Waals surface area contributed by atoms with Gasteiger partial charge in [0.15, 0.2) is 11.9 Å². The normalized spacial score (nSPS) is 11.2. The lowest BCUT2D eigenvalue weighted by Gasteiger charge is -2.15. The van der Waals surface area contributed by atoms with E-state index in [9.17, 15) is 9.59 Å². The van der Waals surface area contributed by atoms with Crippen LogP contribution in [-0.2, 0) is 9.59 Å². The number of benzene rings is 2. The van der Waals surface area contributed by atoms with Crippen LogP contribution in [0.25, 0.3) is 11.4 Å². The van der Waals surface area contributed by atoms with Crippen LogP contribution in [0.4, 0.5) is 11.6 Å². The molecule has 1 unspecified atom stereocenters. The molecule has 0 fully saturated rings. The van der Waals surface area contributed by atoms with Gasteiger partial charge in [-0.1, -0.05) is 48.5 Å². The fourth-order valence-corrected chi connectivity index (χ4v) is 3.05. The van der Waals surface area contributed by atoms with E-state index in [1.807, 2.05) is 60.7 Å². The Morgan fingerprint density at radius 3 is 1.97 bits per heavy atom. The summed E-state index contributed by atoms with van der Waals surface area (Å²) in [5.74, 6) is 2.20. The summed E-state index contributed by atoms with van der Waals surface area (Å²) in [6, 6.07) is 20.7. The fraction of sp³-hybridized carbons (Fsp3) is 0.280. The first-order chi connectivity index (χ1) is 16.5. The first-order valence-electron chi connectivity index (χ1n) is 11.2. The standard InChI is InChI=1S/C25H30N6O3/c1-18(34-21-11-7-4-8-12-21)25(33)29-16-15-28-23-17-22(27-14-13-26-19(2)32)30-24(31-23)20-9-5-3-6-10-20/h3-12,17-18H,13-16H2,1-2H3,(H,26,32)(H,29,33)(H2,27,28,30,31). The number of amides is 2. The van der Waals surface area contributed by atoms with Gasteiger partial charge in [0.2, 0.25) is 5.91 Å². The van der Waals surface area contributed by atoms with Crippen molar-refractivity contribution in [3.05, 3.63) is 66.7 Å². The van der Waals surface area contributed by atoms with Crippen LogP contribution < -0.4 is 26.0 Å². The molecule has 9 heteroatoms. The zero-order valence-electron chi connectivity index (χ0n) is 19.4. The van der Waals surface area contributed by atoms with Gasteiger partial charge in [0.1, 0.15) is 17.4 Å². The summed E-state index contributed by atoms with van der Waals surface area (Å²) >= 11 is 0. The van der Waals surface area contributed by atoms with Crippen LogP contribution in [0.15, 0.2) is 66.7 Å². The molecular weight excluding hydrogens is 432 g/mol. The molecule has 178 valence electrons. The van der Waals surface area contributed by atoms with Crippen molar-refractivity contribution in [2.24, 2.45) is 0 Å². The molecule has 0 bridgehead atoms. The second-order valence-electron chi connectivity index (χ2n) is 7.53. The molecule has 0 saturated heterocycles. The van der Waals surface area contributed by atoms with Crippen LogP contribution in [0.3, 0.4) is 0 Å². The van der Waals surface area contributed by atoms with Gasteiger partial charge in [-0.3, -0.25) is 9.59 Å². The summed E-state index contributed by atoms with van der Waals surface area (Å²) in [6.45, 7) is 5.08. The Balaban J connectivity index is 1.55. The fourth-order valence-electron chi connectivity index (χ4n) is 3.05. The molecule has 1 aromatic heterocycles. The molecule has 3 aromatic rings. The van der Waals surface area contributed by atoms with Gasteiger partial charge in [0.25, 0.3) is 5.91 Å². The topological polar surface area (TPSA) is 117 Å². The molecular formula is C25H30N6O3. The minimum Gasteiger partial charge on any atom is -0.481 e. The Morgan fingerprint density at radius 1 is 0.824 bits per heavy atom. The molecule has 2 amide bonds. The number of hydrogen-bond acceptors (Lipinski definition) is 7. The average Bonchev–Trinajstić information content (AvgIpc) is 2.85. The van der Waals surface area contributed by atoms with E-state index >= 15 is 0 Å². The van der Waals surface area contributed by atoms with E-state index in [0.29, 0.717) is 49.4 Å². The molecule has 3 rings (SSSR count). The highest BCUT2D eigenvalue weighted by Gasteiger charge is 2.14. The molecule has 0 radical (unpaired) electrons. The summed E-state index contributed by atoms with van der Waals surface area (Å²) < 4.78 is 5.65. The van der Waals surface area contributed by atoms with E-state index in [2.05, 4.69) is 31.2 Å². The van der Waals surface area contributed by atoms with Crippen LogP contribution in [0.2, 0.25) is 0 Å². The smallest absolute Gasteiger partial charge is 0.260 e. The van der Waals surface area contributed by atoms with Crippen LogP contribution in [0, 0.1) is 0 Å². The van der Waals surface area contributed by atoms with E-state index in [-0.39, 0.29) is 11.8 Å². The van der Waals surface area contributed by atoms with Crippen molar-refractivity contribution in [2.75, 3.05) is 36.8 Å². The summed E-state index contributed by atoms with van der Waals surface area (Å²) in [5, 5.41) is 12.0. The van der Waals surface area contributed by atoms with Crippen molar-refractivity contribution >= 4 is 23.5 Å². The minimum absolute atomic E-state index is 0.0812. The Morgan fingerprint density at radius 2 is 1.38 bits per heavy atom. The van der Waals surface area contributed by atoms with E-state index < -0.39 is 6.10 Å². The number of carbonyl (C=O) groups excluding carboxylic acids is 2. The molecule has 1 atom stereocenters. The van der Waals surface area contributed by atoms with Crippen molar-refractivity contribution in [3.63, 3.8) is 0 Å². The van der Waals surface area contributed by atoms with Crippen molar-refractivity contribution < 1.29 is 14.3 Å². The maximum absolute atomic E-state index is 12.3. The third-order valence-corrected chi connectivity index (χ3v) is 4.72. The summed E-state index contributed by atoms with van der Waals surface area (Å²) in [6.07, 6.45) is -0.606. The van der Waals surface area contributed by atoms with Crippen LogP contribution in [0.1, 0.15) is 13.8 Å². The van der Waals surface area contributed by atoms with Gasteiger partial charge in [-0.25, -0.2) is 9.97 Å². The van der Waals surface area contributed by atoms with E-state index in [1.54, 1.807) is 13.0 Å².